The lowest BCUT2D eigenvalue weighted by Gasteiger charge is -2.30. The summed E-state index contributed by atoms with van der Waals surface area (Å²) in [4.78, 5) is 14.8. The predicted octanol–water partition coefficient (Wildman–Crippen LogP) is 3.85. The van der Waals surface area contributed by atoms with Gasteiger partial charge >= 0.3 is 0 Å². The molecule has 1 aliphatic rings. The fraction of sp³-hybridized carbons (Fsp3) is 0.550. The topological polar surface area (TPSA) is 63.1 Å². The van der Waals surface area contributed by atoms with Crippen LogP contribution in [-0.4, -0.2) is 52.0 Å². The molecule has 6 nitrogen and oxygen atoms in total. The van der Waals surface area contributed by atoms with Crippen molar-refractivity contribution < 1.29 is 4.79 Å². The first kappa shape index (κ1) is 22.7. The van der Waals surface area contributed by atoms with E-state index in [-0.39, 0.29) is 30.3 Å². The summed E-state index contributed by atoms with van der Waals surface area (Å²) in [7, 11) is 1.84. The standard InChI is InChI=1S/C20H28ClN5O.ClH/c1-13(16-5-7-17(21)8-6-16)14(2)25(4)20(27)19-15(3)26(24-23-19)18-9-11-22-12-10-18;/h5-8,13-14,18,22H,9-12H2,1-4H3;1H. The first-order valence-electron chi connectivity index (χ1n) is 9.55. The third-order valence-corrected chi connectivity index (χ3v) is 6.09. The first-order chi connectivity index (χ1) is 12.9. The van der Waals surface area contributed by atoms with Crippen LogP contribution in [0.15, 0.2) is 24.3 Å². The summed E-state index contributed by atoms with van der Waals surface area (Å²) in [5.41, 5.74) is 2.46. The Morgan fingerprint density at radius 2 is 1.86 bits per heavy atom. The van der Waals surface area contributed by atoms with Crippen molar-refractivity contribution >= 4 is 29.9 Å². The van der Waals surface area contributed by atoms with Gasteiger partial charge in [0.25, 0.3) is 5.91 Å². The molecule has 2 aromatic rings. The molecule has 3 rings (SSSR count). The van der Waals surface area contributed by atoms with Gasteiger partial charge in [-0.2, -0.15) is 0 Å². The van der Waals surface area contributed by atoms with E-state index in [9.17, 15) is 4.79 Å². The Morgan fingerprint density at radius 1 is 1.25 bits per heavy atom. The van der Waals surface area contributed by atoms with Crippen molar-refractivity contribution in [2.24, 2.45) is 0 Å². The number of hydrogen-bond donors (Lipinski definition) is 1. The molecule has 2 unspecified atom stereocenters. The second-order valence-corrected chi connectivity index (χ2v) is 7.88. The highest BCUT2D eigenvalue weighted by Gasteiger charge is 2.28. The maximum atomic E-state index is 13.1. The van der Waals surface area contributed by atoms with Crippen LogP contribution in [0, 0.1) is 6.92 Å². The number of carbonyl (C=O) groups excluding carboxylic acids is 1. The summed E-state index contributed by atoms with van der Waals surface area (Å²) in [5, 5.41) is 12.6. The number of piperidine rings is 1. The number of likely N-dealkylation sites (N-methyl/N-ethyl adjacent to an activating group) is 1. The molecule has 0 saturated carbocycles. The number of halogens is 2. The lowest BCUT2D eigenvalue weighted by atomic mass is 9.93. The van der Waals surface area contributed by atoms with E-state index in [1.165, 1.54) is 0 Å². The third-order valence-electron chi connectivity index (χ3n) is 5.84. The number of rotatable bonds is 5. The Bertz CT molecular complexity index is 786. The highest BCUT2D eigenvalue weighted by atomic mass is 35.5. The molecule has 1 aromatic heterocycles. The zero-order valence-corrected chi connectivity index (χ0v) is 18.4. The average Bonchev–Trinajstić information content (AvgIpc) is 3.08. The molecule has 1 saturated heterocycles. The molecule has 0 radical (unpaired) electrons. The second kappa shape index (κ2) is 9.72. The Labute approximate surface area is 178 Å². The Kier molecular flexibility index (Phi) is 7.87. The van der Waals surface area contributed by atoms with Gasteiger partial charge in [-0.3, -0.25) is 4.79 Å². The van der Waals surface area contributed by atoms with Gasteiger partial charge in [0.1, 0.15) is 0 Å². The van der Waals surface area contributed by atoms with E-state index in [4.69, 9.17) is 11.6 Å². The van der Waals surface area contributed by atoms with Crippen LogP contribution in [0.1, 0.15) is 60.4 Å². The summed E-state index contributed by atoms with van der Waals surface area (Å²) in [6, 6.07) is 8.13. The van der Waals surface area contributed by atoms with Gasteiger partial charge in [-0.15, -0.1) is 17.5 Å². The van der Waals surface area contributed by atoms with Crippen LogP contribution < -0.4 is 5.32 Å². The molecule has 2 heterocycles. The first-order valence-corrected chi connectivity index (χ1v) is 9.93. The molecule has 1 aromatic carbocycles. The Balaban J connectivity index is 0.00000280. The minimum atomic E-state index is -0.0824. The van der Waals surface area contributed by atoms with Gasteiger partial charge in [0.15, 0.2) is 5.69 Å². The fourth-order valence-corrected chi connectivity index (χ4v) is 3.79. The second-order valence-electron chi connectivity index (χ2n) is 7.45. The van der Waals surface area contributed by atoms with Crippen molar-refractivity contribution in [2.45, 2.75) is 51.6 Å². The SMILES string of the molecule is Cc1c(C(=O)N(C)C(C)C(C)c2ccc(Cl)cc2)nnn1C1CCNCC1.Cl. The zero-order valence-electron chi connectivity index (χ0n) is 16.9. The number of carbonyl (C=O) groups is 1. The molecule has 0 spiro atoms. The lowest BCUT2D eigenvalue weighted by molar-refractivity contribution is 0.0719. The number of amides is 1. The minimum absolute atomic E-state index is 0. The number of hydrogen-bond acceptors (Lipinski definition) is 4. The molecule has 1 amide bonds. The van der Waals surface area contributed by atoms with E-state index in [1.54, 1.807) is 4.90 Å². The third kappa shape index (κ3) is 4.67. The van der Waals surface area contributed by atoms with E-state index >= 15 is 0 Å². The molecule has 1 N–H and O–H groups in total. The molecular weight excluding hydrogens is 397 g/mol. The summed E-state index contributed by atoms with van der Waals surface area (Å²) in [6.07, 6.45) is 2.02. The highest BCUT2D eigenvalue weighted by Crippen LogP contribution is 2.26. The Morgan fingerprint density at radius 3 is 2.46 bits per heavy atom. The number of aromatic nitrogens is 3. The largest absolute Gasteiger partial charge is 0.337 e. The van der Waals surface area contributed by atoms with Crippen molar-refractivity contribution in [3.63, 3.8) is 0 Å². The lowest BCUT2D eigenvalue weighted by Crippen LogP contribution is -2.38. The van der Waals surface area contributed by atoms with Gasteiger partial charge in [-0.25, -0.2) is 4.68 Å². The number of nitrogens with zero attached hydrogens (tertiary/aromatic N) is 4. The summed E-state index contributed by atoms with van der Waals surface area (Å²) < 4.78 is 1.93. The van der Waals surface area contributed by atoms with E-state index in [0.717, 1.165) is 37.2 Å². The summed E-state index contributed by atoms with van der Waals surface area (Å²) in [6.45, 7) is 8.07. The molecule has 8 heteroatoms. The molecular formula is C20H29Cl2N5O. The van der Waals surface area contributed by atoms with Crippen molar-refractivity contribution in [2.75, 3.05) is 20.1 Å². The minimum Gasteiger partial charge on any atom is -0.337 e. The normalized spacial score (nSPS) is 16.9. The van der Waals surface area contributed by atoms with Gasteiger partial charge < -0.3 is 10.2 Å². The van der Waals surface area contributed by atoms with Crippen LogP contribution in [-0.2, 0) is 0 Å². The number of nitrogens with one attached hydrogen (secondary N) is 1. The van der Waals surface area contributed by atoms with E-state index < -0.39 is 0 Å². The van der Waals surface area contributed by atoms with Crippen LogP contribution in [0.4, 0.5) is 0 Å². The van der Waals surface area contributed by atoms with Crippen LogP contribution in [0.3, 0.4) is 0 Å². The Hall–Kier alpha value is -1.63. The van der Waals surface area contributed by atoms with Crippen LogP contribution in [0.5, 0.6) is 0 Å². The maximum absolute atomic E-state index is 13.1. The maximum Gasteiger partial charge on any atom is 0.276 e. The predicted molar refractivity (Wildman–Crippen MR) is 115 cm³/mol. The van der Waals surface area contributed by atoms with Crippen LogP contribution in [0.25, 0.3) is 0 Å². The molecule has 0 aliphatic carbocycles. The highest BCUT2D eigenvalue weighted by molar-refractivity contribution is 6.30. The van der Waals surface area contributed by atoms with Crippen molar-refractivity contribution in [3.8, 4) is 0 Å². The van der Waals surface area contributed by atoms with Crippen molar-refractivity contribution in [1.29, 1.82) is 0 Å². The zero-order chi connectivity index (χ0) is 19.6. The van der Waals surface area contributed by atoms with Crippen LogP contribution in [0.2, 0.25) is 5.02 Å². The van der Waals surface area contributed by atoms with Gasteiger partial charge in [0.2, 0.25) is 0 Å². The van der Waals surface area contributed by atoms with Crippen molar-refractivity contribution in [3.05, 3.63) is 46.2 Å². The van der Waals surface area contributed by atoms with Gasteiger partial charge in [-0.05, 0) is 57.5 Å². The van der Waals surface area contributed by atoms with Gasteiger partial charge in [-0.1, -0.05) is 35.9 Å². The molecule has 2 atom stereocenters. The smallest absolute Gasteiger partial charge is 0.276 e. The monoisotopic (exact) mass is 425 g/mol. The molecule has 1 aliphatic heterocycles. The van der Waals surface area contributed by atoms with E-state index in [1.807, 2.05) is 42.9 Å². The van der Waals surface area contributed by atoms with Crippen molar-refractivity contribution in [1.82, 2.24) is 25.2 Å². The average molecular weight is 426 g/mol. The molecule has 0 bridgehead atoms. The molecule has 1 fully saturated rings. The molecule has 28 heavy (non-hydrogen) atoms. The van der Waals surface area contributed by atoms with Crippen LogP contribution >= 0.6 is 24.0 Å². The van der Waals surface area contributed by atoms with Gasteiger partial charge in [0, 0.05) is 24.0 Å². The van der Waals surface area contributed by atoms with E-state index in [2.05, 4.69) is 29.5 Å². The van der Waals surface area contributed by atoms with Gasteiger partial charge in [0.05, 0.1) is 11.7 Å². The van der Waals surface area contributed by atoms with E-state index in [0.29, 0.717) is 16.8 Å². The summed E-state index contributed by atoms with van der Waals surface area (Å²) in [5.74, 6) is 0.0944. The molecule has 154 valence electrons. The quantitative estimate of drug-likeness (QED) is 0.789. The number of benzene rings is 1. The fourth-order valence-electron chi connectivity index (χ4n) is 3.67. The summed E-state index contributed by atoms with van der Waals surface area (Å²) >= 11 is 5.99.